The maximum atomic E-state index is 11.1. The third kappa shape index (κ3) is 4.69. The summed E-state index contributed by atoms with van der Waals surface area (Å²) < 4.78 is 21.9. The molecule has 2 aromatic rings. The molecule has 0 bridgehead atoms. The van der Waals surface area contributed by atoms with Crippen LogP contribution >= 0.6 is 10.6 Å². The minimum Gasteiger partial charge on any atom is -0.478 e. The van der Waals surface area contributed by atoms with Crippen LogP contribution in [-0.4, -0.2) is 55.2 Å². The second-order valence-corrected chi connectivity index (χ2v) is 14.1. The highest BCUT2D eigenvalue weighted by atomic mass is 32.3. The van der Waals surface area contributed by atoms with E-state index in [1.54, 1.807) is 12.1 Å². The molecule has 8 heteroatoms. The van der Waals surface area contributed by atoms with Gasteiger partial charge >= 0.3 is 5.97 Å². The molecular weight excluding hydrogens is 488 g/mol. The molecule has 0 amide bonds. The van der Waals surface area contributed by atoms with Crippen molar-refractivity contribution >= 4 is 22.3 Å². The first-order chi connectivity index (χ1) is 17.6. The Morgan fingerprint density at radius 2 is 1.81 bits per heavy atom. The lowest BCUT2D eigenvalue weighted by molar-refractivity contribution is -0.0627. The fourth-order valence-electron chi connectivity index (χ4n) is 6.13. The van der Waals surface area contributed by atoms with Crippen molar-refractivity contribution in [1.29, 1.82) is 0 Å². The first-order valence-corrected chi connectivity index (χ1v) is 15.0. The van der Waals surface area contributed by atoms with Crippen molar-refractivity contribution in [2.45, 2.75) is 80.7 Å². The summed E-state index contributed by atoms with van der Waals surface area (Å²) in [6, 6.07) is 11.3. The molecule has 2 aromatic carbocycles. The molecule has 0 atom stereocenters. The Hall–Kier alpha value is -2.39. The molecule has 1 saturated carbocycles. The maximum absolute atomic E-state index is 11.1. The molecule has 1 saturated heterocycles. The smallest absolute Gasteiger partial charge is 0.335 e. The van der Waals surface area contributed by atoms with Gasteiger partial charge in [-0.15, -0.1) is 0 Å². The van der Waals surface area contributed by atoms with Gasteiger partial charge in [-0.3, -0.25) is 14.0 Å². The van der Waals surface area contributed by atoms with Gasteiger partial charge in [0.1, 0.15) is 5.60 Å². The van der Waals surface area contributed by atoms with Crippen LogP contribution in [0.1, 0.15) is 90.9 Å². The van der Waals surface area contributed by atoms with E-state index in [1.807, 2.05) is 12.1 Å². The summed E-state index contributed by atoms with van der Waals surface area (Å²) in [5.74, 6) is -0.000861. The van der Waals surface area contributed by atoms with Crippen LogP contribution in [0.2, 0.25) is 0 Å². The lowest BCUT2D eigenvalue weighted by Crippen LogP contribution is -2.44. The van der Waals surface area contributed by atoms with Gasteiger partial charge in [0.25, 0.3) is 0 Å². The fraction of sp³-hybridized carbons (Fsp3) is 0.517. The minimum absolute atomic E-state index is 0.0585. The number of benzene rings is 2. The van der Waals surface area contributed by atoms with Gasteiger partial charge < -0.3 is 9.94 Å². The number of carboxylic acids is 1. The Morgan fingerprint density at radius 1 is 1.11 bits per heavy atom. The topological polar surface area (TPSA) is 103 Å². The second-order valence-electron chi connectivity index (χ2n) is 12.0. The van der Waals surface area contributed by atoms with Gasteiger partial charge in [0.05, 0.1) is 16.2 Å². The number of carbonyl (C=O) groups is 1. The summed E-state index contributed by atoms with van der Waals surface area (Å²) in [4.78, 5) is 20.5. The van der Waals surface area contributed by atoms with E-state index in [9.17, 15) is 13.9 Å². The van der Waals surface area contributed by atoms with Crippen molar-refractivity contribution in [2.75, 3.05) is 18.8 Å². The van der Waals surface area contributed by atoms with E-state index >= 15 is 0 Å². The van der Waals surface area contributed by atoms with Crippen LogP contribution in [0.4, 0.5) is 0 Å². The van der Waals surface area contributed by atoms with Crippen LogP contribution in [0, 0.1) is 0 Å². The molecule has 3 aliphatic heterocycles. The molecule has 3 heterocycles. The van der Waals surface area contributed by atoms with E-state index in [4.69, 9.17) is 9.94 Å². The van der Waals surface area contributed by atoms with E-state index in [1.165, 1.54) is 11.1 Å². The van der Waals surface area contributed by atoms with E-state index in [0.717, 1.165) is 79.9 Å². The normalized spacial score (nSPS) is 24.7. The Balaban J connectivity index is 1.15. The van der Waals surface area contributed by atoms with Crippen molar-refractivity contribution < 1.29 is 23.8 Å². The average molecular weight is 525 g/mol. The molecule has 1 aliphatic carbocycles. The number of likely N-dealkylation sites (tertiary alicyclic amines) is 1. The van der Waals surface area contributed by atoms with Gasteiger partial charge in [-0.2, -0.15) is 10.6 Å². The van der Waals surface area contributed by atoms with Crippen LogP contribution < -0.4 is 0 Å². The zero-order valence-electron chi connectivity index (χ0n) is 21.6. The van der Waals surface area contributed by atoms with Gasteiger partial charge in [-0.25, -0.2) is 4.79 Å². The molecule has 7 nitrogen and oxygen atoms in total. The predicted octanol–water partition coefficient (Wildman–Crippen LogP) is 6.21. The van der Waals surface area contributed by atoms with Crippen molar-refractivity contribution in [1.82, 2.24) is 4.90 Å². The van der Waals surface area contributed by atoms with E-state index in [2.05, 4.69) is 36.0 Å². The predicted molar refractivity (Wildman–Crippen MR) is 145 cm³/mol. The summed E-state index contributed by atoms with van der Waals surface area (Å²) in [5, 5.41) is 13.5. The summed E-state index contributed by atoms with van der Waals surface area (Å²) in [6.07, 6.45) is 5.58. The zero-order valence-corrected chi connectivity index (χ0v) is 22.4. The van der Waals surface area contributed by atoms with E-state index < -0.39 is 16.6 Å². The quantitative estimate of drug-likeness (QED) is 0.430. The molecular formula is C29H36N2O5S. The first-order valence-electron chi connectivity index (χ1n) is 13.3. The molecule has 0 radical (unpaired) electrons. The van der Waals surface area contributed by atoms with Crippen molar-refractivity contribution in [3.8, 4) is 0 Å². The monoisotopic (exact) mass is 524 g/mol. The Labute approximate surface area is 219 Å². The van der Waals surface area contributed by atoms with Gasteiger partial charge in [0, 0.05) is 44.6 Å². The van der Waals surface area contributed by atoms with Crippen LogP contribution in [0.25, 0.3) is 0 Å². The molecule has 1 spiro atoms. The number of hydrogen-bond acceptors (Lipinski definition) is 6. The van der Waals surface area contributed by atoms with Crippen molar-refractivity contribution in [3.05, 3.63) is 64.2 Å². The second kappa shape index (κ2) is 8.83. The molecule has 0 aromatic heterocycles. The Kier molecular flexibility index (Phi) is 5.95. The maximum Gasteiger partial charge on any atom is 0.335 e. The largest absolute Gasteiger partial charge is 0.478 e. The van der Waals surface area contributed by atoms with Gasteiger partial charge in [-0.1, -0.05) is 43.3 Å². The van der Waals surface area contributed by atoms with Crippen molar-refractivity contribution in [3.63, 3.8) is 0 Å². The molecule has 198 valence electrons. The summed E-state index contributed by atoms with van der Waals surface area (Å²) in [5.41, 5.74) is 5.31. The third-order valence-corrected chi connectivity index (χ3v) is 10.6. The van der Waals surface area contributed by atoms with Gasteiger partial charge in [0.2, 0.25) is 0 Å². The average Bonchev–Trinajstić information content (AvgIpc) is 3.64. The van der Waals surface area contributed by atoms with Crippen LogP contribution in [0.15, 0.2) is 46.4 Å². The third-order valence-electron chi connectivity index (χ3n) is 8.74. The Morgan fingerprint density at radius 3 is 2.46 bits per heavy atom. The summed E-state index contributed by atoms with van der Waals surface area (Å²) in [6.45, 7) is 7.14. The number of aromatic carboxylic acids is 1. The fourth-order valence-corrected chi connectivity index (χ4v) is 8.42. The standard InChI is InChI=1S/C29H36N2O5S/c1-28(2)11-14-37(34,35)26-23(20-3-4-20)15-19(16-24(26)28)18-31-12-9-29(10-13-31)17-25(30-36-29)21-5-7-22(8-6-21)27(32)33/h5-8,15-16,20,34-35H,3-4,9-14,17-18H2,1-2H3,(H,32,33). The van der Waals surface area contributed by atoms with Crippen LogP contribution in [0.5, 0.6) is 0 Å². The van der Waals surface area contributed by atoms with Gasteiger partial charge in [0.15, 0.2) is 0 Å². The number of hydrogen-bond donors (Lipinski definition) is 3. The number of fused-ring (bicyclic) bond motifs is 1. The van der Waals surface area contributed by atoms with Gasteiger partial charge in [-0.05, 0) is 65.0 Å². The summed E-state index contributed by atoms with van der Waals surface area (Å²) >= 11 is 0. The molecule has 6 rings (SSSR count). The number of rotatable bonds is 5. The number of oxime groups is 1. The lowest BCUT2D eigenvalue weighted by atomic mass is 9.79. The van der Waals surface area contributed by atoms with Crippen LogP contribution in [-0.2, 0) is 16.8 Å². The number of carboxylic acid groups (broad SMARTS) is 1. The highest BCUT2D eigenvalue weighted by Crippen LogP contribution is 2.62. The van der Waals surface area contributed by atoms with E-state index in [0.29, 0.717) is 11.7 Å². The minimum atomic E-state index is -2.72. The first kappa shape index (κ1) is 24.9. The van der Waals surface area contributed by atoms with E-state index in [-0.39, 0.29) is 16.6 Å². The zero-order chi connectivity index (χ0) is 26.0. The Bertz CT molecular complexity index is 1260. The molecule has 37 heavy (non-hydrogen) atoms. The SMILES string of the molecule is CC1(C)CCS(O)(O)c2c(C3CC3)cc(CN3CCC4(CC3)CC(c3ccc(C(=O)O)cc3)=NO4)cc21. The summed E-state index contributed by atoms with van der Waals surface area (Å²) in [7, 11) is -2.72. The van der Waals surface area contributed by atoms with Crippen LogP contribution in [0.3, 0.4) is 0 Å². The highest BCUT2D eigenvalue weighted by Gasteiger charge is 2.43. The number of nitrogens with zero attached hydrogens (tertiary/aromatic N) is 2. The molecule has 4 aliphatic rings. The molecule has 2 fully saturated rings. The lowest BCUT2D eigenvalue weighted by Gasteiger charge is -2.46. The number of piperidine rings is 1. The molecule has 3 N–H and O–H groups in total. The highest BCUT2D eigenvalue weighted by molar-refractivity contribution is 8.24. The molecule has 0 unspecified atom stereocenters. The van der Waals surface area contributed by atoms with Crippen molar-refractivity contribution in [2.24, 2.45) is 5.16 Å².